The molecule has 2 aromatic heterocycles. The Balaban J connectivity index is 1.77. The molecule has 1 aliphatic rings. The number of nitrogens with zero attached hydrogens (tertiary/aromatic N) is 5. The molecule has 1 fully saturated rings. The zero-order valence-corrected chi connectivity index (χ0v) is 11.7. The molecule has 0 saturated carbocycles. The Labute approximate surface area is 119 Å². The first-order chi connectivity index (χ1) is 9.75. The predicted octanol–water partition coefficient (Wildman–Crippen LogP) is 0.994. The number of carbonyl (C=O) groups is 1. The molecule has 3 heterocycles. The fraction of sp³-hybridized carbons (Fsp3) is 0.417. The normalized spacial score (nSPS) is 18.1. The summed E-state index contributed by atoms with van der Waals surface area (Å²) in [7, 11) is 1.71. The number of rotatable bonds is 3. The standard InChI is InChI=1S/C12H13N5O2S/c1-17(11(18)8-2-5-19-7-8)12-16-15-10(20-12)9-6-13-3-4-14-9/h3-4,6,8H,2,5,7H2,1H3/t8-/m1/s1. The van der Waals surface area contributed by atoms with Gasteiger partial charge in [0.05, 0.1) is 18.7 Å². The average Bonchev–Trinajstić information content (AvgIpc) is 3.18. The third-order valence-corrected chi connectivity index (χ3v) is 4.12. The minimum atomic E-state index is -0.0798. The van der Waals surface area contributed by atoms with Crippen LogP contribution in [0.5, 0.6) is 0 Å². The number of anilines is 1. The summed E-state index contributed by atoms with van der Waals surface area (Å²) in [5, 5.41) is 9.31. The van der Waals surface area contributed by atoms with Crippen molar-refractivity contribution in [1.29, 1.82) is 0 Å². The van der Waals surface area contributed by atoms with Gasteiger partial charge in [-0.05, 0) is 6.42 Å². The largest absolute Gasteiger partial charge is 0.381 e. The monoisotopic (exact) mass is 291 g/mol. The number of carbonyl (C=O) groups excluding carboxylic acids is 1. The smallest absolute Gasteiger partial charge is 0.234 e. The summed E-state index contributed by atoms with van der Waals surface area (Å²) in [5.41, 5.74) is 0.654. The molecule has 20 heavy (non-hydrogen) atoms. The van der Waals surface area contributed by atoms with E-state index in [0.717, 1.165) is 6.42 Å². The first kappa shape index (κ1) is 13.1. The highest BCUT2D eigenvalue weighted by Crippen LogP contribution is 2.27. The molecule has 0 N–H and O–H groups in total. The fourth-order valence-electron chi connectivity index (χ4n) is 1.96. The van der Waals surface area contributed by atoms with Crippen molar-refractivity contribution in [3.05, 3.63) is 18.6 Å². The molecule has 7 nitrogen and oxygen atoms in total. The molecule has 1 aliphatic heterocycles. The summed E-state index contributed by atoms with van der Waals surface area (Å²) < 4.78 is 5.24. The van der Waals surface area contributed by atoms with Gasteiger partial charge in [0.15, 0.2) is 5.01 Å². The molecule has 0 aromatic carbocycles. The van der Waals surface area contributed by atoms with Crippen LogP contribution in [0.4, 0.5) is 5.13 Å². The van der Waals surface area contributed by atoms with Gasteiger partial charge in [-0.15, -0.1) is 10.2 Å². The Kier molecular flexibility index (Phi) is 3.66. The Morgan fingerprint density at radius 1 is 1.45 bits per heavy atom. The fourth-order valence-corrected chi connectivity index (χ4v) is 2.73. The maximum atomic E-state index is 12.2. The molecule has 8 heteroatoms. The molecule has 3 rings (SSSR count). The lowest BCUT2D eigenvalue weighted by molar-refractivity contribution is -0.122. The second-order valence-corrected chi connectivity index (χ2v) is 5.39. The molecular formula is C12H13N5O2S. The first-order valence-corrected chi connectivity index (χ1v) is 7.02. The molecule has 0 aliphatic carbocycles. The van der Waals surface area contributed by atoms with E-state index in [1.54, 1.807) is 25.6 Å². The minimum Gasteiger partial charge on any atom is -0.381 e. The van der Waals surface area contributed by atoms with Gasteiger partial charge in [-0.3, -0.25) is 19.7 Å². The topological polar surface area (TPSA) is 81.1 Å². The average molecular weight is 291 g/mol. The Hall–Kier alpha value is -1.93. The van der Waals surface area contributed by atoms with Crippen molar-refractivity contribution < 1.29 is 9.53 Å². The summed E-state index contributed by atoms with van der Waals surface area (Å²) in [6.07, 6.45) is 5.58. The molecule has 1 saturated heterocycles. The molecule has 2 aromatic rings. The van der Waals surface area contributed by atoms with E-state index in [1.165, 1.54) is 16.2 Å². The molecular weight excluding hydrogens is 278 g/mol. The first-order valence-electron chi connectivity index (χ1n) is 6.21. The van der Waals surface area contributed by atoms with Crippen molar-refractivity contribution >= 4 is 22.4 Å². The van der Waals surface area contributed by atoms with E-state index in [2.05, 4.69) is 20.2 Å². The molecule has 0 spiro atoms. The van der Waals surface area contributed by atoms with Crippen LogP contribution >= 0.6 is 11.3 Å². The van der Waals surface area contributed by atoms with Crippen molar-refractivity contribution in [3.63, 3.8) is 0 Å². The summed E-state index contributed by atoms with van der Waals surface area (Å²) in [5.74, 6) is -0.0618. The van der Waals surface area contributed by atoms with E-state index in [1.807, 2.05) is 0 Å². The lowest BCUT2D eigenvalue weighted by Gasteiger charge is -2.16. The van der Waals surface area contributed by atoms with Gasteiger partial charge >= 0.3 is 0 Å². The lowest BCUT2D eigenvalue weighted by Crippen LogP contribution is -2.33. The van der Waals surface area contributed by atoms with Crippen LogP contribution in [0.1, 0.15) is 6.42 Å². The van der Waals surface area contributed by atoms with Crippen LogP contribution in [-0.2, 0) is 9.53 Å². The van der Waals surface area contributed by atoms with Crippen LogP contribution in [0.3, 0.4) is 0 Å². The Morgan fingerprint density at radius 3 is 3.05 bits per heavy atom. The summed E-state index contributed by atoms with van der Waals surface area (Å²) in [6, 6.07) is 0. The van der Waals surface area contributed by atoms with Crippen LogP contribution in [0.15, 0.2) is 18.6 Å². The molecule has 1 amide bonds. The van der Waals surface area contributed by atoms with Gasteiger partial charge in [-0.2, -0.15) is 0 Å². The van der Waals surface area contributed by atoms with Crippen molar-refractivity contribution in [1.82, 2.24) is 20.2 Å². The lowest BCUT2D eigenvalue weighted by atomic mass is 10.1. The third kappa shape index (κ3) is 2.52. The van der Waals surface area contributed by atoms with Gasteiger partial charge < -0.3 is 4.74 Å². The van der Waals surface area contributed by atoms with Gasteiger partial charge in [0.25, 0.3) is 0 Å². The van der Waals surface area contributed by atoms with Crippen molar-refractivity contribution in [2.24, 2.45) is 5.92 Å². The highest BCUT2D eigenvalue weighted by molar-refractivity contribution is 7.18. The van der Waals surface area contributed by atoms with E-state index < -0.39 is 0 Å². The highest BCUT2D eigenvalue weighted by Gasteiger charge is 2.28. The van der Waals surface area contributed by atoms with E-state index in [9.17, 15) is 4.79 Å². The Bertz CT molecular complexity index is 597. The molecule has 0 unspecified atom stereocenters. The minimum absolute atomic E-state index is 0.0179. The number of aromatic nitrogens is 4. The number of amides is 1. The maximum absolute atomic E-state index is 12.2. The second-order valence-electron chi connectivity index (χ2n) is 4.44. The highest BCUT2D eigenvalue weighted by atomic mass is 32.1. The molecule has 104 valence electrons. The maximum Gasteiger partial charge on any atom is 0.234 e. The van der Waals surface area contributed by atoms with E-state index in [4.69, 9.17) is 4.74 Å². The van der Waals surface area contributed by atoms with E-state index >= 15 is 0 Å². The van der Waals surface area contributed by atoms with Gasteiger partial charge in [-0.1, -0.05) is 11.3 Å². The zero-order chi connectivity index (χ0) is 13.9. The van der Waals surface area contributed by atoms with E-state index in [-0.39, 0.29) is 11.8 Å². The van der Waals surface area contributed by atoms with Gasteiger partial charge in [0.2, 0.25) is 11.0 Å². The molecule has 0 bridgehead atoms. The number of hydrogen-bond donors (Lipinski definition) is 0. The molecule has 0 radical (unpaired) electrons. The van der Waals surface area contributed by atoms with Crippen LogP contribution in [0.25, 0.3) is 10.7 Å². The quantitative estimate of drug-likeness (QED) is 0.839. The van der Waals surface area contributed by atoms with Gasteiger partial charge in [0.1, 0.15) is 5.69 Å². The SMILES string of the molecule is CN(C(=O)[C@@H]1CCOC1)c1nnc(-c2cnccn2)s1. The second kappa shape index (κ2) is 5.59. The predicted molar refractivity (Wildman–Crippen MR) is 73.3 cm³/mol. The number of hydrogen-bond acceptors (Lipinski definition) is 7. The number of ether oxygens (including phenoxy) is 1. The Morgan fingerprint density at radius 2 is 2.35 bits per heavy atom. The van der Waals surface area contributed by atoms with E-state index in [0.29, 0.717) is 29.0 Å². The van der Waals surface area contributed by atoms with Crippen LogP contribution in [-0.4, -0.2) is 46.3 Å². The van der Waals surface area contributed by atoms with Crippen molar-refractivity contribution in [2.45, 2.75) is 6.42 Å². The van der Waals surface area contributed by atoms with Crippen molar-refractivity contribution in [3.8, 4) is 10.7 Å². The van der Waals surface area contributed by atoms with Crippen LogP contribution in [0, 0.1) is 5.92 Å². The van der Waals surface area contributed by atoms with Crippen LogP contribution < -0.4 is 4.90 Å². The van der Waals surface area contributed by atoms with Gasteiger partial charge in [0, 0.05) is 26.0 Å². The summed E-state index contributed by atoms with van der Waals surface area (Å²) >= 11 is 1.32. The summed E-state index contributed by atoms with van der Waals surface area (Å²) in [6.45, 7) is 1.13. The zero-order valence-electron chi connectivity index (χ0n) is 10.9. The van der Waals surface area contributed by atoms with Gasteiger partial charge in [-0.25, -0.2) is 0 Å². The molecule has 1 atom stereocenters. The summed E-state index contributed by atoms with van der Waals surface area (Å²) in [4.78, 5) is 21.9. The third-order valence-electron chi connectivity index (χ3n) is 3.09. The van der Waals surface area contributed by atoms with Crippen LogP contribution in [0.2, 0.25) is 0 Å². The van der Waals surface area contributed by atoms with Crippen molar-refractivity contribution in [2.75, 3.05) is 25.2 Å².